The number of rotatable bonds is 2. The number of carbonyl (C=O) groups excluding carboxylic acids is 2. The van der Waals surface area contributed by atoms with Crippen LogP contribution in [0.15, 0.2) is 0 Å². The van der Waals surface area contributed by atoms with Gasteiger partial charge in [0.2, 0.25) is 11.8 Å². The Morgan fingerprint density at radius 1 is 1.46 bits per heavy atom. The van der Waals surface area contributed by atoms with E-state index in [4.69, 9.17) is 0 Å². The average Bonchev–Trinajstić information content (AvgIpc) is 2.14. The molecule has 1 rings (SSSR count). The van der Waals surface area contributed by atoms with E-state index < -0.39 is 31.2 Å². The van der Waals surface area contributed by atoms with E-state index in [9.17, 15) is 22.5 Å². The first-order valence-corrected chi connectivity index (χ1v) is 3.86. The van der Waals surface area contributed by atoms with Crippen LogP contribution in [0.5, 0.6) is 0 Å². The van der Waals surface area contributed by atoms with Crippen LogP contribution in [0.25, 0.3) is 0 Å². The molecule has 0 spiro atoms. The molecule has 0 aromatic heterocycles. The molecule has 0 saturated carbocycles. The Hall–Kier alpha value is -1.01. The molecule has 1 aliphatic rings. The summed E-state index contributed by atoms with van der Waals surface area (Å²) in [5, 5.41) is 0. The number of likely N-dealkylation sites (tertiary alicyclic amines) is 1. The van der Waals surface area contributed by atoms with Gasteiger partial charge in [-0.25, -0.2) is 0 Å². The van der Waals surface area contributed by atoms with Crippen molar-refractivity contribution in [3.8, 4) is 0 Å². The van der Waals surface area contributed by atoms with Crippen LogP contribution in [0.2, 0.25) is 0 Å². The Morgan fingerprint density at radius 2 is 2.00 bits per heavy atom. The Kier molecular flexibility index (Phi) is 2.36. The lowest BCUT2D eigenvalue weighted by Gasteiger charge is -2.21. The van der Waals surface area contributed by atoms with Crippen molar-refractivity contribution in [1.29, 1.82) is 0 Å². The summed E-state index contributed by atoms with van der Waals surface area (Å²) in [5.74, 6) is -2.05. The molecule has 3 nitrogen and oxygen atoms in total. The van der Waals surface area contributed by atoms with Gasteiger partial charge in [0.15, 0.2) is 0 Å². The molecule has 13 heavy (non-hydrogen) atoms. The molecule has 1 fully saturated rings. The van der Waals surface area contributed by atoms with Gasteiger partial charge in [-0.05, 0) is 6.44 Å². The summed E-state index contributed by atoms with van der Waals surface area (Å²) in [6, 6.07) is 0. The molecule has 1 heterocycles. The van der Waals surface area contributed by atoms with E-state index in [2.05, 4.69) is 0 Å². The third-order valence-electron chi connectivity index (χ3n) is 1.86. The van der Waals surface area contributed by atoms with Crippen LogP contribution < -0.4 is 0 Å². The second-order valence-electron chi connectivity index (χ2n) is 3.16. The zero-order chi connectivity index (χ0) is 10.2. The minimum atomic E-state index is -5.11. The van der Waals surface area contributed by atoms with Crippen molar-refractivity contribution >= 4 is 18.8 Å². The Morgan fingerprint density at radius 3 is 2.31 bits per heavy atom. The average molecular weight is 194 g/mol. The first kappa shape index (κ1) is 10.1. The van der Waals surface area contributed by atoms with E-state index in [-0.39, 0.29) is 6.42 Å². The minimum Gasteiger partial charge on any atom is -0.448 e. The number of hydrogen-bond donors (Lipinski definition) is 0. The van der Waals surface area contributed by atoms with E-state index in [0.29, 0.717) is 4.90 Å². The van der Waals surface area contributed by atoms with Crippen LogP contribution in [-0.2, 0) is 9.59 Å². The first-order valence-electron chi connectivity index (χ1n) is 3.86. The predicted molar refractivity (Wildman–Crippen MR) is 39.6 cm³/mol. The van der Waals surface area contributed by atoms with Crippen LogP contribution in [0, 0.1) is 5.92 Å². The molecule has 0 radical (unpaired) electrons. The third-order valence-corrected chi connectivity index (χ3v) is 1.86. The molecule has 0 bridgehead atoms. The molecule has 1 atom stereocenters. The molecule has 0 N–H and O–H groups in total. The van der Waals surface area contributed by atoms with Crippen molar-refractivity contribution in [2.24, 2.45) is 5.92 Å². The molecule has 0 aromatic carbocycles. The normalized spacial score (nSPS) is 24.3. The van der Waals surface area contributed by atoms with Gasteiger partial charge in [0.1, 0.15) is 0 Å². The quantitative estimate of drug-likeness (QED) is 0.480. The van der Waals surface area contributed by atoms with Gasteiger partial charge >= 0.3 is 6.98 Å². The summed E-state index contributed by atoms with van der Waals surface area (Å²) in [7, 11) is 0. The van der Waals surface area contributed by atoms with Gasteiger partial charge in [-0.1, -0.05) is 6.92 Å². The standard InChI is InChI=1S/C6H8BF3NO2/c1-4-2-5(12)11(6(4)13)3-7(8,9)10/h4H,2-3H2,1H3/q-1. The highest BCUT2D eigenvalue weighted by Crippen LogP contribution is 2.21. The van der Waals surface area contributed by atoms with Gasteiger partial charge in [-0.3, -0.25) is 9.59 Å². The lowest BCUT2D eigenvalue weighted by molar-refractivity contribution is -0.138. The Balaban J connectivity index is 2.70. The van der Waals surface area contributed by atoms with Crippen LogP contribution >= 0.6 is 0 Å². The van der Waals surface area contributed by atoms with Crippen molar-refractivity contribution in [2.75, 3.05) is 6.44 Å². The molecule has 1 saturated heterocycles. The monoisotopic (exact) mass is 194 g/mol. The third kappa shape index (κ3) is 2.23. The summed E-state index contributed by atoms with van der Waals surface area (Å²) in [5.41, 5.74) is 0. The molecule has 1 aliphatic heterocycles. The lowest BCUT2D eigenvalue weighted by atomic mass is 9.91. The van der Waals surface area contributed by atoms with Crippen LogP contribution in [0.4, 0.5) is 12.9 Å². The van der Waals surface area contributed by atoms with E-state index in [1.807, 2.05) is 0 Å². The smallest absolute Gasteiger partial charge is 0.448 e. The fraction of sp³-hybridized carbons (Fsp3) is 0.667. The number of imide groups is 1. The van der Waals surface area contributed by atoms with Gasteiger partial charge in [0, 0.05) is 12.3 Å². The van der Waals surface area contributed by atoms with Gasteiger partial charge in [-0.15, -0.1) is 0 Å². The van der Waals surface area contributed by atoms with Crippen molar-refractivity contribution in [2.45, 2.75) is 13.3 Å². The summed E-state index contributed by atoms with van der Waals surface area (Å²) in [6.45, 7) is -3.66. The highest BCUT2D eigenvalue weighted by atomic mass is 19.4. The minimum absolute atomic E-state index is 0.106. The SMILES string of the molecule is CC1CC(=O)N(C[B-](F)(F)F)C1=O. The largest absolute Gasteiger partial charge is 0.497 e. The van der Waals surface area contributed by atoms with E-state index in [1.165, 1.54) is 6.92 Å². The Labute approximate surface area is 72.9 Å². The summed E-state index contributed by atoms with van der Waals surface area (Å²) in [6.07, 6.45) is -1.51. The lowest BCUT2D eigenvalue weighted by Crippen LogP contribution is -2.41. The molecular formula is C6H8BF3NO2-. The van der Waals surface area contributed by atoms with Crippen molar-refractivity contribution in [3.63, 3.8) is 0 Å². The summed E-state index contributed by atoms with van der Waals surface area (Å²) < 4.78 is 35.7. The number of hydrogen-bond acceptors (Lipinski definition) is 2. The topological polar surface area (TPSA) is 37.4 Å². The highest BCUT2D eigenvalue weighted by Gasteiger charge is 2.39. The van der Waals surface area contributed by atoms with Crippen LogP contribution in [-0.4, -0.2) is 30.1 Å². The van der Waals surface area contributed by atoms with Gasteiger partial charge < -0.3 is 17.8 Å². The maximum absolute atomic E-state index is 11.9. The molecule has 74 valence electrons. The number of amides is 2. The second kappa shape index (κ2) is 3.04. The second-order valence-corrected chi connectivity index (χ2v) is 3.16. The zero-order valence-electron chi connectivity index (χ0n) is 6.97. The molecule has 0 aromatic rings. The maximum Gasteiger partial charge on any atom is 0.497 e. The zero-order valence-corrected chi connectivity index (χ0v) is 6.97. The first-order chi connectivity index (χ1) is 5.81. The van der Waals surface area contributed by atoms with Gasteiger partial charge in [0.05, 0.1) is 0 Å². The van der Waals surface area contributed by atoms with Crippen LogP contribution in [0.1, 0.15) is 13.3 Å². The van der Waals surface area contributed by atoms with E-state index in [1.54, 1.807) is 0 Å². The van der Waals surface area contributed by atoms with Crippen molar-refractivity contribution < 1.29 is 22.5 Å². The molecular weight excluding hydrogens is 186 g/mol. The molecule has 2 amide bonds. The highest BCUT2D eigenvalue weighted by molar-refractivity contribution is 6.59. The summed E-state index contributed by atoms with van der Waals surface area (Å²) in [4.78, 5) is 22.2. The summed E-state index contributed by atoms with van der Waals surface area (Å²) >= 11 is 0. The van der Waals surface area contributed by atoms with Crippen molar-refractivity contribution in [3.05, 3.63) is 0 Å². The fourth-order valence-corrected chi connectivity index (χ4v) is 1.25. The van der Waals surface area contributed by atoms with E-state index in [0.717, 1.165) is 0 Å². The van der Waals surface area contributed by atoms with Crippen LogP contribution in [0.3, 0.4) is 0 Å². The van der Waals surface area contributed by atoms with Gasteiger partial charge in [0.25, 0.3) is 0 Å². The van der Waals surface area contributed by atoms with Gasteiger partial charge in [-0.2, -0.15) is 0 Å². The number of halogens is 3. The van der Waals surface area contributed by atoms with Crippen molar-refractivity contribution in [1.82, 2.24) is 4.90 Å². The molecule has 1 unspecified atom stereocenters. The number of carbonyl (C=O) groups is 2. The Bertz CT molecular complexity index is 253. The molecule has 0 aliphatic carbocycles. The number of nitrogens with zero attached hydrogens (tertiary/aromatic N) is 1. The predicted octanol–water partition coefficient (Wildman–Crippen LogP) is 0.768. The molecule has 7 heteroatoms. The fourth-order valence-electron chi connectivity index (χ4n) is 1.25. The maximum atomic E-state index is 11.9. The van der Waals surface area contributed by atoms with E-state index >= 15 is 0 Å².